The second kappa shape index (κ2) is 11.2. The van der Waals surface area contributed by atoms with Gasteiger partial charge in [0.05, 0.1) is 41.1 Å². The van der Waals surface area contributed by atoms with Crippen LogP contribution in [0.5, 0.6) is 5.88 Å². The molecule has 5 rings (SSSR count). The molecule has 1 aliphatic heterocycles. The third-order valence-electron chi connectivity index (χ3n) is 7.24. The summed E-state index contributed by atoms with van der Waals surface area (Å²) in [6, 6.07) is 12.1. The first kappa shape index (κ1) is 28.7. The highest BCUT2D eigenvalue weighted by atomic mass is 35.5. The molecule has 0 saturated carbocycles. The highest BCUT2D eigenvalue weighted by Gasteiger charge is 2.40. The number of hydrogen-bond acceptors (Lipinski definition) is 5. The van der Waals surface area contributed by atoms with Crippen molar-refractivity contribution < 1.29 is 18.7 Å². The van der Waals surface area contributed by atoms with Crippen molar-refractivity contribution in [2.75, 3.05) is 45.7 Å². The number of aryl methyl sites for hydroxylation is 1. The molecule has 12 heteroatoms. The van der Waals surface area contributed by atoms with Crippen LogP contribution < -0.4 is 15.4 Å². The maximum atomic E-state index is 14.8. The lowest BCUT2D eigenvalue weighted by Crippen LogP contribution is -2.43. The number of aromatic nitrogens is 2. The number of carbonyl (C=O) groups is 2. The third-order valence-corrected chi connectivity index (χ3v) is 8.04. The minimum Gasteiger partial charge on any atom is -0.482 e. The van der Waals surface area contributed by atoms with Crippen LogP contribution in [0.25, 0.3) is 16.9 Å². The molecule has 3 heterocycles. The van der Waals surface area contributed by atoms with Gasteiger partial charge in [-0.15, -0.1) is 0 Å². The summed E-state index contributed by atoms with van der Waals surface area (Å²) in [7, 11) is 5.31. The zero-order chi connectivity index (χ0) is 29.6. The Morgan fingerprint density at radius 3 is 2.56 bits per heavy atom. The lowest BCUT2D eigenvalue weighted by atomic mass is 10.0. The fourth-order valence-electron chi connectivity index (χ4n) is 5.15. The Morgan fingerprint density at radius 2 is 1.90 bits per heavy atom. The van der Waals surface area contributed by atoms with Crippen molar-refractivity contribution in [2.45, 2.75) is 13.0 Å². The van der Waals surface area contributed by atoms with Gasteiger partial charge in [-0.3, -0.25) is 14.1 Å². The van der Waals surface area contributed by atoms with Crippen LogP contribution in [0, 0.1) is 12.7 Å². The number of anilines is 1. The Labute approximate surface area is 246 Å². The van der Waals surface area contributed by atoms with Crippen molar-refractivity contribution >= 4 is 46.5 Å². The van der Waals surface area contributed by atoms with Crippen LogP contribution in [0.15, 0.2) is 48.5 Å². The van der Waals surface area contributed by atoms with Crippen molar-refractivity contribution in [1.29, 1.82) is 0 Å². The second-order valence-electron chi connectivity index (χ2n) is 10.1. The van der Waals surface area contributed by atoms with Gasteiger partial charge in [-0.1, -0.05) is 47.5 Å². The molecule has 2 aromatic carbocycles. The molecule has 2 N–H and O–H groups in total. The molecule has 0 radical (unpaired) electrons. The van der Waals surface area contributed by atoms with Crippen LogP contribution in [-0.2, 0) is 0 Å². The molecule has 41 heavy (non-hydrogen) atoms. The smallest absolute Gasteiger partial charge is 0.319 e. The number of imidazole rings is 1. The Kier molecular flexibility index (Phi) is 7.83. The van der Waals surface area contributed by atoms with Gasteiger partial charge >= 0.3 is 6.03 Å². The predicted molar refractivity (Wildman–Crippen MR) is 158 cm³/mol. The Hall–Kier alpha value is -3.86. The molecule has 0 bridgehead atoms. The van der Waals surface area contributed by atoms with Crippen molar-refractivity contribution in [3.8, 4) is 17.1 Å². The van der Waals surface area contributed by atoms with E-state index in [9.17, 15) is 14.0 Å². The number of urea groups is 1. The molecule has 0 spiro atoms. The fraction of sp³-hybridized carbons (Fsp3) is 0.276. The average molecular weight is 599 g/mol. The molecule has 1 aliphatic rings. The topological polar surface area (TPSA) is 96.4 Å². The molecule has 1 unspecified atom stereocenters. The van der Waals surface area contributed by atoms with Gasteiger partial charge in [0.15, 0.2) is 11.6 Å². The van der Waals surface area contributed by atoms with Crippen LogP contribution in [0.3, 0.4) is 0 Å². The van der Waals surface area contributed by atoms with E-state index >= 15 is 0 Å². The number of nitrogens with two attached hydrogens (primary N) is 1. The van der Waals surface area contributed by atoms with Crippen LogP contribution in [0.1, 0.15) is 27.7 Å². The molecule has 2 aromatic heterocycles. The number of rotatable bonds is 7. The molecule has 0 saturated heterocycles. The van der Waals surface area contributed by atoms with Gasteiger partial charge in [0.1, 0.15) is 11.5 Å². The summed E-state index contributed by atoms with van der Waals surface area (Å²) in [4.78, 5) is 36.7. The molecule has 214 valence electrons. The zero-order valence-electron chi connectivity index (χ0n) is 23.0. The number of hydrogen-bond donors (Lipinski definition) is 1. The van der Waals surface area contributed by atoms with Crippen LogP contribution in [-0.4, -0.2) is 72.0 Å². The van der Waals surface area contributed by atoms with Crippen LogP contribution >= 0.6 is 23.2 Å². The van der Waals surface area contributed by atoms with Crippen LogP contribution in [0.4, 0.5) is 14.9 Å². The van der Waals surface area contributed by atoms with E-state index in [1.54, 1.807) is 58.7 Å². The van der Waals surface area contributed by atoms with E-state index in [1.807, 2.05) is 19.0 Å². The molecule has 4 aromatic rings. The van der Waals surface area contributed by atoms with Crippen molar-refractivity contribution in [3.63, 3.8) is 0 Å². The minimum absolute atomic E-state index is 0.0785. The van der Waals surface area contributed by atoms with Gasteiger partial charge in [0.25, 0.3) is 5.91 Å². The molecule has 0 fully saturated rings. The van der Waals surface area contributed by atoms with E-state index in [0.29, 0.717) is 46.1 Å². The summed E-state index contributed by atoms with van der Waals surface area (Å²) in [5.41, 5.74) is 8.61. The fourth-order valence-corrected chi connectivity index (χ4v) is 5.57. The quantitative estimate of drug-likeness (QED) is 0.307. The molecule has 0 aliphatic carbocycles. The SMILES string of the molecule is COc1cccc2nc(C(=O)N(CCN(C)C)C3CN(C(N)=O)c4c3ccc(Cl)c4Cl)c(-c3ccc(C)c(F)c3)n12. The maximum absolute atomic E-state index is 14.8. The normalized spacial score (nSPS) is 14.5. The number of methoxy groups -OCH3 is 1. The first-order chi connectivity index (χ1) is 19.5. The largest absolute Gasteiger partial charge is 0.482 e. The number of carbonyl (C=O) groups excluding carboxylic acids is 2. The van der Waals surface area contributed by atoms with Crippen molar-refractivity contribution in [1.82, 2.24) is 19.2 Å². The van der Waals surface area contributed by atoms with Gasteiger partial charge in [-0.05, 0) is 50.8 Å². The van der Waals surface area contributed by atoms with E-state index in [0.717, 1.165) is 0 Å². The third kappa shape index (κ3) is 5.07. The maximum Gasteiger partial charge on any atom is 0.319 e. The zero-order valence-corrected chi connectivity index (χ0v) is 24.5. The lowest BCUT2D eigenvalue weighted by molar-refractivity contribution is 0.0670. The van der Waals surface area contributed by atoms with E-state index < -0.39 is 23.8 Å². The number of nitrogens with zero attached hydrogens (tertiary/aromatic N) is 5. The summed E-state index contributed by atoms with van der Waals surface area (Å²) in [5.74, 6) is -0.400. The number of benzene rings is 2. The first-order valence-corrected chi connectivity index (χ1v) is 13.6. The number of primary amides is 1. The standard InChI is InChI=1S/C29H29Cl2FN6O3/c1-16-8-9-17(14-20(16)32)26-25(34-22-6-5-7-23(41-4)38(22)26)28(39)36(13-12-35(2)3)21-15-37(29(33)40)27-18(21)10-11-19(30)24(27)31/h5-11,14,21H,12-13,15H2,1-4H3,(H2,33,40). The first-order valence-electron chi connectivity index (χ1n) is 12.9. The summed E-state index contributed by atoms with van der Waals surface area (Å²) in [5, 5.41) is 0.443. The van der Waals surface area contributed by atoms with E-state index in [1.165, 1.54) is 18.1 Å². The van der Waals surface area contributed by atoms with Crippen molar-refractivity contribution in [3.05, 3.63) is 81.2 Å². The average Bonchev–Trinajstić information content (AvgIpc) is 3.52. The summed E-state index contributed by atoms with van der Waals surface area (Å²) in [6.07, 6.45) is 0. The highest BCUT2D eigenvalue weighted by molar-refractivity contribution is 6.44. The molecular weight excluding hydrogens is 570 g/mol. The minimum atomic E-state index is -0.716. The monoisotopic (exact) mass is 598 g/mol. The van der Waals surface area contributed by atoms with Gasteiger partial charge in [0, 0.05) is 24.2 Å². The van der Waals surface area contributed by atoms with E-state index in [-0.39, 0.29) is 28.8 Å². The highest BCUT2D eigenvalue weighted by Crippen LogP contribution is 2.46. The number of amides is 3. The van der Waals surface area contributed by atoms with Gasteiger partial charge in [0.2, 0.25) is 0 Å². The van der Waals surface area contributed by atoms with Gasteiger partial charge in [-0.2, -0.15) is 0 Å². The van der Waals surface area contributed by atoms with Gasteiger partial charge in [-0.25, -0.2) is 14.2 Å². The Balaban J connectivity index is 1.71. The molecule has 9 nitrogen and oxygen atoms in total. The lowest BCUT2D eigenvalue weighted by Gasteiger charge is -2.30. The number of halogens is 3. The number of fused-ring (bicyclic) bond motifs is 2. The molecular formula is C29H29Cl2FN6O3. The number of likely N-dealkylation sites (N-methyl/N-ethyl adjacent to an activating group) is 1. The number of pyridine rings is 1. The molecule has 3 amide bonds. The van der Waals surface area contributed by atoms with Gasteiger partial charge < -0.3 is 20.3 Å². The van der Waals surface area contributed by atoms with E-state index in [2.05, 4.69) is 0 Å². The summed E-state index contributed by atoms with van der Waals surface area (Å²) < 4.78 is 22.1. The predicted octanol–water partition coefficient (Wildman–Crippen LogP) is 5.41. The summed E-state index contributed by atoms with van der Waals surface area (Å²) in [6.45, 7) is 2.55. The van der Waals surface area contributed by atoms with Crippen LogP contribution in [0.2, 0.25) is 10.0 Å². The van der Waals surface area contributed by atoms with Crippen molar-refractivity contribution in [2.24, 2.45) is 5.73 Å². The summed E-state index contributed by atoms with van der Waals surface area (Å²) >= 11 is 12.8. The number of ether oxygens (including phenoxy) is 1. The Bertz CT molecular complexity index is 1670. The van der Waals surface area contributed by atoms with E-state index in [4.69, 9.17) is 38.7 Å². The second-order valence-corrected chi connectivity index (χ2v) is 10.9. The Morgan fingerprint density at radius 1 is 1.15 bits per heavy atom. The molecule has 1 atom stereocenters.